The van der Waals surface area contributed by atoms with E-state index in [9.17, 15) is 9.59 Å². The number of carbonyl (C=O) groups is 2. The van der Waals surface area contributed by atoms with Gasteiger partial charge in [0.05, 0.1) is 23.3 Å². The van der Waals surface area contributed by atoms with Crippen molar-refractivity contribution in [3.63, 3.8) is 0 Å². The zero-order valence-corrected chi connectivity index (χ0v) is 16.4. The molecule has 2 aliphatic rings. The van der Waals surface area contributed by atoms with Crippen molar-refractivity contribution in [2.75, 3.05) is 50.0 Å². The Bertz CT molecular complexity index is 885. The van der Waals surface area contributed by atoms with Crippen molar-refractivity contribution in [2.24, 2.45) is 0 Å². The maximum Gasteiger partial charge on any atom is 0.276 e. The van der Waals surface area contributed by atoms with E-state index in [1.54, 1.807) is 15.8 Å². The third-order valence-electron chi connectivity index (χ3n) is 5.46. The SMILES string of the molecule is CCn1ncc2c1C(=O)Nc1ccccc1N2C(=O)CCN1CCN(C)CC1. The van der Waals surface area contributed by atoms with Crippen LogP contribution in [0.1, 0.15) is 23.8 Å². The summed E-state index contributed by atoms with van der Waals surface area (Å²) in [7, 11) is 2.12. The fourth-order valence-corrected chi connectivity index (χ4v) is 3.80. The fraction of sp³-hybridized carbons (Fsp3) is 0.450. The van der Waals surface area contributed by atoms with Crippen LogP contribution in [0.4, 0.5) is 17.1 Å². The monoisotopic (exact) mass is 382 g/mol. The van der Waals surface area contributed by atoms with E-state index >= 15 is 0 Å². The van der Waals surface area contributed by atoms with Crippen molar-refractivity contribution in [3.8, 4) is 0 Å². The number of fused-ring (bicyclic) bond motifs is 2. The number of anilines is 3. The molecular weight excluding hydrogens is 356 g/mol. The highest BCUT2D eigenvalue weighted by Gasteiger charge is 2.32. The van der Waals surface area contributed by atoms with Crippen LogP contribution in [-0.4, -0.2) is 71.2 Å². The molecule has 0 saturated carbocycles. The van der Waals surface area contributed by atoms with Gasteiger partial charge in [-0.15, -0.1) is 0 Å². The molecule has 4 rings (SSSR count). The van der Waals surface area contributed by atoms with E-state index in [2.05, 4.69) is 27.3 Å². The summed E-state index contributed by atoms with van der Waals surface area (Å²) in [6.45, 7) is 7.18. The first-order valence-electron chi connectivity index (χ1n) is 9.78. The van der Waals surface area contributed by atoms with E-state index in [-0.39, 0.29) is 11.8 Å². The molecule has 0 aliphatic carbocycles. The maximum atomic E-state index is 13.3. The number of benzene rings is 1. The third kappa shape index (κ3) is 3.41. The lowest BCUT2D eigenvalue weighted by Gasteiger charge is -2.32. The molecule has 2 amide bonds. The minimum absolute atomic E-state index is 0.0280. The maximum absolute atomic E-state index is 13.3. The van der Waals surface area contributed by atoms with E-state index in [0.29, 0.717) is 42.3 Å². The number of hydrogen-bond donors (Lipinski definition) is 1. The normalized spacial score (nSPS) is 17.6. The van der Waals surface area contributed by atoms with Gasteiger partial charge >= 0.3 is 0 Å². The van der Waals surface area contributed by atoms with E-state index in [0.717, 1.165) is 26.2 Å². The van der Waals surface area contributed by atoms with E-state index in [4.69, 9.17) is 0 Å². The van der Waals surface area contributed by atoms with Crippen molar-refractivity contribution < 1.29 is 9.59 Å². The van der Waals surface area contributed by atoms with Crippen LogP contribution in [0.2, 0.25) is 0 Å². The van der Waals surface area contributed by atoms with Crippen molar-refractivity contribution in [3.05, 3.63) is 36.2 Å². The number of nitrogens with zero attached hydrogens (tertiary/aromatic N) is 5. The van der Waals surface area contributed by atoms with E-state index in [1.165, 1.54) is 0 Å². The number of rotatable bonds is 4. The summed E-state index contributed by atoms with van der Waals surface area (Å²) < 4.78 is 1.64. The quantitative estimate of drug-likeness (QED) is 0.872. The van der Waals surface area contributed by atoms with Crippen LogP contribution >= 0.6 is 0 Å². The van der Waals surface area contributed by atoms with Crippen molar-refractivity contribution in [2.45, 2.75) is 19.9 Å². The van der Waals surface area contributed by atoms with Gasteiger partial charge in [-0.25, -0.2) is 0 Å². The molecule has 1 N–H and O–H groups in total. The van der Waals surface area contributed by atoms with E-state index < -0.39 is 0 Å². The highest BCUT2D eigenvalue weighted by molar-refractivity contribution is 6.16. The van der Waals surface area contributed by atoms with Crippen LogP contribution in [0.25, 0.3) is 0 Å². The van der Waals surface area contributed by atoms with Gasteiger partial charge in [-0.05, 0) is 26.1 Å². The van der Waals surface area contributed by atoms with Gasteiger partial charge in [-0.1, -0.05) is 12.1 Å². The average Bonchev–Trinajstić information content (AvgIpc) is 3.07. The number of carbonyl (C=O) groups excluding carboxylic acids is 2. The fourth-order valence-electron chi connectivity index (χ4n) is 3.80. The number of likely N-dealkylation sites (N-methyl/N-ethyl adjacent to an activating group) is 1. The zero-order chi connectivity index (χ0) is 19.7. The first kappa shape index (κ1) is 18.6. The smallest absolute Gasteiger partial charge is 0.276 e. The molecule has 2 aromatic rings. The lowest BCUT2D eigenvalue weighted by atomic mass is 10.2. The second-order valence-corrected chi connectivity index (χ2v) is 7.29. The topological polar surface area (TPSA) is 73.7 Å². The Hall–Kier alpha value is -2.71. The third-order valence-corrected chi connectivity index (χ3v) is 5.46. The lowest BCUT2D eigenvalue weighted by Crippen LogP contribution is -2.45. The molecule has 28 heavy (non-hydrogen) atoms. The number of piperazine rings is 1. The van der Waals surface area contributed by atoms with Gasteiger partial charge in [-0.2, -0.15) is 5.10 Å². The second-order valence-electron chi connectivity index (χ2n) is 7.29. The molecule has 1 saturated heterocycles. The van der Waals surface area contributed by atoms with Gasteiger partial charge in [0.15, 0.2) is 5.69 Å². The van der Waals surface area contributed by atoms with Crippen LogP contribution < -0.4 is 10.2 Å². The Labute approximate surface area is 164 Å². The molecule has 8 heteroatoms. The predicted molar refractivity (Wildman–Crippen MR) is 108 cm³/mol. The first-order chi connectivity index (χ1) is 13.6. The van der Waals surface area contributed by atoms with Crippen LogP contribution in [0.15, 0.2) is 30.5 Å². The molecule has 1 fully saturated rings. The number of para-hydroxylation sites is 2. The molecule has 0 unspecified atom stereocenters. The molecule has 2 aliphatic heterocycles. The Morgan fingerprint density at radius 2 is 1.89 bits per heavy atom. The first-order valence-corrected chi connectivity index (χ1v) is 9.78. The molecule has 0 atom stereocenters. The standard InChI is InChI=1S/C20H26N6O2/c1-3-25-19-17(14-21-25)26(16-7-5-4-6-15(16)22-20(19)28)18(27)8-9-24-12-10-23(2)11-13-24/h4-7,14H,3,8-13H2,1-2H3,(H,22,28). The van der Waals surface area contributed by atoms with Crippen molar-refractivity contribution >= 4 is 28.9 Å². The number of amides is 2. The summed E-state index contributed by atoms with van der Waals surface area (Å²) in [4.78, 5) is 32.4. The molecule has 0 radical (unpaired) electrons. The Morgan fingerprint density at radius 1 is 1.14 bits per heavy atom. The lowest BCUT2D eigenvalue weighted by molar-refractivity contribution is -0.118. The summed E-state index contributed by atoms with van der Waals surface area (Å²) in [5.74, 6) is -0.268. The average molecular weight is 382 g/mol. The summed E-state index contributed by atoms with van der Waals surface area (Å²) in [6, 6.07) is 7.42. The minimum Gasteiger partial charge on any atom is -0.319 e. The number of nitrogens with one attached hydrogen (secondary N) is 1. The van der Waals surface area contributed by atoms with Crippen molar-refractivity contribution in [1.29, 1.82) is 0 Å². The number of hydrogen-bond acceptors (Lipinski definition) is 5. The molecule has 1 aromatic carbocycles. The van der Waals surface area contributed by atoms with E-state index in [1.807, 2.05) is 31.2 Å². The predicted octanol–water partition coefficient (Wildman–Crippen LogP) is 1.77. The van der Waals surface area contributed by atoms with Crippen LogP contribution in [0.3, 0.4) is 0 Å². The Kier molecular flexibility index (Phi) is 5.15. The molecule has 0 bridgehead atoms. The molecule has 0 spiro atoms. The highest BCUT2D eigenvalue weighted by Crippen LogP contribution is 2.38. The Balaban J connectivity index is 1.63. The second kappa shape index (κ2) is 7.73. The molecule has 3 heterocycles. The Morgan fingerprint density at radius 3 is 2.64 bits per heavy atom. The molecular formula is C20H26N6O2. The van der Waals surface area contributed by atoms with Gasteiger partial charge in [0.25, 0.3) is 5.91 Å². The highest BCUT2D eigenvalue weighted by atomic mass is 16.2. The van der Waals surface area contributed by atoms with Gasteiger partial charge < -0.3 is 15.1 Å². The summed E-state index contributed by atoms with van der Waals surface area (Å²) in [5.41, 5.74) is 2.30. The van der Waals surface area contributed by atoms with Gasteiger partial charge in [-0.3, -0.25) is 19.2 Å². The van der Waals surface area contributed by atoms with Crippen LogP contribution in [0, 0.1) is 0 Å². The largest absolute Gasteiger partial charge is 0.319 e. The van der Waals surface area contributed by atoms with Crippen molar-refractivity contribution in [1.82, 2.24) is 19.6 Å². The minimum atomic E-state index is -0.240. The summed E-state index contributed by atoms with van der Waals surface area (Å²) in [5, 5.41) is 7.24. The zero-order valence-electron chi connectivity index (χ0n) is 16.4. The molecule has 1 aromatic heterocycles. The molecule has 148 valence electrons. The molecule has 8 nitrogen and oxygen atoms in total. The van der Waals surface area contributed by atoms with Gasteiger partial charge in [0.2, 0.25) is 5.91 Å². The number of aromatic nitrogens is 2. The van der Waals surface area contributed by atoms with Crippen LogP contribution in [0.5, 0.6) is 0 Å². The van der Waals surface area contributed by atoms with Crippen LogP contribution in [-0.2, 0) is 11.3 Å². The van der Waals surface area contributed by atoms with Gasteiger partial charge in [0.1, 0.15) is 0 Å². The van der Waals surface area contributed by atoms with Gasteiger partial charge in [0, 0.05) is 45.7 Å². The summed E-state index contributed by atoms with van der Waals surface area (Å²) >= 11 is 0. The number of aryl methyl sites for hydroxylation is 1. The summed E-state index contributed by atoms with van der Waals surface area (Å²) in [6.07, 6.45) is 2.01.